The van der Waals surface area contributed by atoms with Gasteiger partial charge in [0.15, 0.2) is 5.82 Å². The molecule has 1 heterocycles. The summed E-state index contributed by atoms with van der Waals surface area (Å²) in [6.07, 6.45) is 0.121. The fourth-order valence-electron chi connectivity index (χ4n) is 1.86. The van der Waals surface area contributed by atoms with E-state index in [4.69, 9.17) is 5.11 Å². The third-order valence-electron chi connectivity index (χ3n) is 2.96. The van der Waals surface area contributed by atoms with E-state index >= 15 is 0 Å². The summed E-state index contributed by atoms with van der Waals surface area (Å²) >= 11 is 0. The number of hydrogen-bond donors (Lipinski definition) is 1. The number of hydrogen-bond acceptors (Lipinski definition) is 5. The Morgan fingerprint density at radius 1 is 1.35 bits per heavy atom. The average molecular weight is 275 g/mol. The van der Waals surface area contributed by atoms with E-state index in [0.717, 1.165) is 5.56 Å². The van der Waals surface area contributed by atoms with Crippen molar-refractivity contribution in [2.75, 3.05) is 13.2 Å². The molecule has 1 aromatic heterocycles. The number of carbonyl (C=O) groups excluding carboxylic acids is 1. The molecule has 0 saturated heterocycles. The van der Waals surface area contributed by atoms with Crippen LogP contribution in [-0.4, -0.2) is 49.3 Å². The third kappa shape index (κ3) is 3.61. The first-order valence-corrected chi connectivity index (χ1v) is 6.34. The molecule has 0 bridgehead atoms. The highest BCUT2D eigenvalue weighted by Crippen LogP contribution is 2.06. The van der Waals surface area contributed by atoms with Gasteiger partial charge in [-0.05, 0) is 16.0 Å². The van der Waals surface area contributed by atoms with Crippen molar-refractivity contribution in [3.05, 3.63) is 41.7 Å². The van der Waals surface area contributed by atoms with E-state index in [1.165, 1.54) is 4.68 Å². The Kier molecular flexibility index (Phi) is 4.78. The summed E-state index contributed by atoms with van der Waals surface area (Å²) in [5.41, 5.74) is 1.02. The van der Waals surface area contributed by atoms with Crippen molar-refractivity contribution in [3.8, 4) is 0 Å². The second kappa shape index (κ2) is 6.76. The van der Waals surface area contributed by atoms with Crippen molar-refractivity contribution in [2.24, 2.45) is 7.05 Å². The van der Waals surface area contributed by atoms with Crippen LogP contribution in [0.5, 0.6) is 0 Å². The SMILES string of the molecule is Cn1nnnc1CC(=O)N(CCO)Cc1ccccc1. The zero-order chi connectivity index (χ0) is 14.4. The van der Waals surface area contributed by atoms with Crippen molar-refractivity contribution in [2.45, 2.75) is 13.0 Å². The summed E-state index contributed by atoms with van der Waals surface area (Å²) in [5, 5.41) is 20.1. The maximum atomic E-state index is 12.3. The van der Waals surface area contributed by atoms with E-state index < -0.39 is 0 Å². The summed E-state index contributed by atoms with van der Waals surface area (Å²) in [4.78, 5) is 13.9. The molecule has 0 spiro atoms. The van der Waals surface area contributed by atoms with Gasteiger partial charge in [-0.15, -0.1) is 5.10 Å². The lowest BCUT2D eigenvalue weighted by atomic mass is 10.2. The van der Waals surface area contributed by atoms with Crippen LogP contribution >= 0.6 is 0 Å². The number of aliphatic hydroxyl groups is 1. The highest BCUT2D eigenvalue weighted by molar-refractivity contribution is 5.78. The summed E-state index contributed by atoms with van der Waals surface area (Å²) in [6.45, 7) is 0.681. The lowest BCUT2D eigenvalue weighted by molar-refractivity contribution is -0.131. The molecule has 1 aromatic carbocycles. The Morgan fingerprint density at radius 2 is 2.10 bits per heavy atom. The summed E-state index contributed by atoms with van der Waals surface area (Å²) in [5.74, 6) is 0.395. The Hall–Kier alpha value is -2.28. The van der Waals surface area contributed by atoms with Gasteiger partial charge in [0.2, 0.25) is 5.91 Å². The molecular formula is C13H17N5O2. The minimum Gasteiger partial charge on any atom is -0.395 e. The van der Waals surface area contributed by atoms with Crippen molar-refractivity contribution >= 4 is 5.91 Å². The maximum absolute atomic E-state index is 12.3. The molecular weight excluding hydrogens is 258 g/mol. The molecule has 0 aliphatic rings. The van der Waals surface area contributed by atoms with Crippen LogP contribution in [0.15, 0.2) is 30.3 Å². The molecule has 1 N–H and O–H groups in total. The monoisotopic (exact) mass is 275 g/mol. The van der Waals surface area contributed by atoms with Crippen LogP contribution in [0, 0.1) is 0 Å². The smallest absolute Gasteiger partial charge is 0.230 e. The Bertz CT molecular complexity index is 555. The fourth-order valence-corrected chi connectivity index (χ4v) is 1.86. The van der Waals surface area contributed by atoms with E-state index in [-0.39, 0.29) is 18.9 Å². The van der Waals surface area contributed by atoms with Gasteiger partial charge in [0, 0.05) is 20.1 Å². The number of aryl methyl sites for hydroxylation is 1. The van der Waals surface area contributed by atoms with Crippen molar-refractivity contribution < 1.29 is 9.90 Å². The number of carbonyl (C=O) groups is 1. The number of aliphatic hydroxyl groups excluding tert-OH is 1. The molecule has 0 aliphatic carbocycles. The number of benzene rings is 1. The number of tetrazole rings is 1. The van der Waals surface area contributed by atoms with E-state index in [1.54, 1.807) is 11.9 Å². The maximum Gasteiger partial charge on any atom is 0.230 e. The minimum atomic E-state index is -0.110. The lowest BCUT2D eigenvalue weighted by Crippen LogP contribution is -2.34. The molecule has 0 radical (unpaired) electrons. The molecule has 0 atom stereocenters. The van der Waals surface area contributed by atoms with Crippen LogP contribution in [0.4, 0.5) is 0 Å². The molecule has 0 saturated carbocycles. The quantitative estimate of drug-likeness (QED) is 0.787. The number of nitrogens with zero attached hydrogens (tertiary/aromatic N) is 5. The molecule has 7 heteroatoms. The molecule has 106 valence electrons. The van der Waals surface area contributed by atoms with Crippen molar-refractivity contribution in [1.29, 1.82) is 0 Å². The first kappa shape index (κ1) is 14.1. The predicted octanol–water partition coefficient (Wildman–Crippen LogP) is -0.226. The van der Waals surface area contributed by atoms with E-state index in [0.29, 0.717) is 18.9 Å². The first-order chi connectivity index (χ1) is 9.70. The van der Waals surface area contributed by atoms with Gasteiger partial charge < -0.3 is 10.0 Å². The third-order valence-corrected chi connectivity index (χ3v) is 2.96. The molecule has 0 unspecified atom stereocenters. The Labute approximate surface area is 116 Å². The fraction of sp³-hybridized carbons (Fsp3) is 0.385. The van der Waals surface area contributed by atoms with Crippen LogP contribution in [0.25, 0.3) is 0 Å². The van der Waals surface area contributed by atoms with Crippen LogP contribution in [-0.2, 0) is 24.8 Å². The lowest BCUT2D eigenvalue weighted by Gasteiger charge is -2.21. The number of aromatic nitrogens is 4. The van der Waals surface area contributed by atoms with Crippen LogP contribution in [0.2, 0.25) is 0 Å². The first-order valence-electron chi connectivity index (χ1n) is 6.34. The van der Waals surface area contributed by atoms with E-state index in [2.05, 4.69) is 15.5 Å². The normalized spacial score (nSPS) is 10.5. The van der Waals surface area contributed by atoms with Gasteiger partial charge in [0.25, 0.3) is 0 Å². The van der Waals surface area contributed by atoms with Gasteiger partial charge >= 0.3 is 0 Å². The van der Waals surface area contributed by atoms with E-state index in [9.17, 15) is 4.79 Å². The Balaban J connectivity index is 2.04. The molecule has 2 rings (SSSR count). The summed E-state index contributed by atoms with van der Waals surface area (Å²) < 4.78 is 1.47. The number of rotatable bonds is 6. The molecule has 0 aliphatic heterocycles. The zero-order valence-corrected chi connectivity index (χ0v) is 11.3. The predicted molar refractivity (Wildman–Crippen MR) is 71.4 cm³/mol. The van der Waals surface area contributed by atoms with Gasteiger partial charge in [-0.1, -0.05) is 30.3 Å². The molecule has 20 heavy (non-hydrogen) atoms. The standard InChI is InChI=1S/C13H17N5O2/c1-17-12(14-15-16-17)9-13(20)18(7-8-19)10-11-5-3-2-4-6-11/h2-6,19H,7-10H2,1H3. The highest BCUT2D eigenvalue weighted by atomic mass is 16.3. The van der Waals surface area contributed by atoms with Gasteiger partial charge in [-0.2, -0.15) is 0 Å². The molecule has 1 amide bonds. The second-order valence-corrected chi connectivity index (χ2v) is 4.42. The van der Waals surface area contributed by atoms with Gasteiger partial charge in [-0.25, -0.2) is 4.68 Å². The zero-order valence-electron chi connectivity index (χ0n) is 11.3. The summed E-state index contributed by atoms with van der Waals surface area (Å²) in [7, 11) is 1.69. The Morgan fingerprint density at radius 3 is 2.70 bits per heavy atom. The average Bonchev–Trinajstić information content (AvgIpc) is 2.85. The topological polar surface area (TPSA) is 84.1 Å². The highest BCUT2D eigenvalue weighted by Gasteiger charge is 2.17. The van der Waals surface area contributed by atoms with Gasteiger partial charge in [0.05, 0.1) is 13.0 Å². The molecule has 2 aromatic rings. The van der Waals surface area contributed by atoms with E-state index in [1.807, 2.05) is 30.3 Å². The van der Waals surface area contributed by atoms with Crippen LogP contribution in [0.3, 0.4) is 0 Å². The van der Waals surface area contributed by atoms with Crippen LogP contribution < -0.4 is 0 Å². The number of amides is 1. The second-order valence-electron chi connectivity index (χ2n) is 4.42. The minimum absolute atomic E-state index is 0.0738. The van der Waals surface area contributed by atoms with Crippen LogP contribution in [0.1, 0.15) is 11.4 Å². The molecule has 7 nitrogen and oxygen atoms in total. The largest absolute Gasteiger partial charge is 0.395 e. The van der Waals surface area contributed by atoms with Gasteiger partial charge in [-0.3, -0.25) is 4.79 Å². The van der Waals surface area contributed by atoms with Crippen molar-refractivity contribution in [1.82, 2.24) is 25.1 Å². The molecule has 0 fully saturated rings. The van der Waals surface area contributed by atoms with Gasteiger partial charge in [0.1, 0.15) is 0 Å². The van der Waals surface area contributed by atoms with Crippen molar-refractivity contribution in [3.63, 3.8) is 0 Å². The summed E-state index contributed by atoms with van der Waals surface area (Å²) in [6, 6.07) is 9.66.